The fraction of sp³-hybridized carbons (Fsp3) is 0.889. The van der Waals surface area contributed by atoms with Crippen LogP contribution in [-0.4, -0.2) is 86.3 Å². The smallest absolute Gasteiger partial charge is 0.186 e. The highest BCUT2D eigenvalue weighted by atomic mass is 16.7. The molecule has 8 nitrogen and oxygen atoms in total. The summed E-state index contributed by atoms with van der Waals surface area (Å²) < 4.78 is 12.6. The van der Waals surface area contributed by atoms with Gasteiger partial charge >= 0.3 is 0 Å². The van der Waals surface area contributed by atoms with Crippen molar-refractivity contribution in [2.45, 2.75) is 149 Å². The van der Waals surface area contributed by atoms with Crippen molar-refractivity contribution in [3.8, 4) is 0 Å². The molecule has 3 unspecified atom stereocenters. The standard InChI is InChI=1S/C36H60O8/c1-19(2)10-9-11-20(3)21-12-15-35(7)27(21)22(38)16-25-34(6)14-13-26(39)33(4,5)31(34)23(17-36(25,35)8)43-32-30(42)29(41)28(40)24(18-37)44-32/h10-11,21-32,37-42H,9,12-18H2,1-8H3/b20-11+/t21-,22-,23+,24-,25?,26+,27?,28-,29+,30-,31?,32-,34-,35-,36-/m1/s1. The van der Waals surface area contributed by atoms with Crippen LogP contribution in [0.4, 0.5) is 0 Å². The van der Waals surface area contributed by atoms with Crippen LogP contribution in [0.3, 0.4) is 0 Å². The Balaban J connectivity index is 1.55. The van der Waals surface area contributed by atoms with Crippen LogP contribution in [0, 0.1) is 45.3 Å². The molecule has 1 saturated heterocycles. The lowest BCUT2D eigenvalue weighted by molar-refractivity contribution is -0.346. The van der Waals surface area contributed by atoms with Crippen LogP contribution in [0.1, 0.15) is 100 Å². The van der Waals surface area contributed by atoms with E-state index in [9.17, 15) is 30.6 Å². The summed E-state index contributed by atoms with van der Waals surface area (Å²) in [5.41, 5.74) is 1.49. The molecule has 6 N–H and O–H groups in total. The summed E-state index contributed by atoms with van der Waals surface area (Å²) in [4.78, 5) is 0. The van der Waals surface area contributed by atoms with E-state index in [-0.39, 0.29) is 34.0 Å². The Labute approximate surface area is 264 Å². The number of ether oxygens (including phenoxy) is 2. The largest absolute Gasteiger partial charge is 0.394 e. The molecule has 4 saturated carbocycles. The highest BCUT2D eigenvalue weighted by Crippen LogP contribution is 2.76. The van der Waals surface area contributed by atoms with E-state index >= 15 is 0 Å². The second kappa shape index (κ2) is 12.0. The molecule has 0 spiro atoms. The van der Waals surface area contributed by atoms with E-state index in [1.165, 1.54) is 11.1 Å². The molecule has 5 aliphatic rings. The van der Waals surface area contributed by atoms with Crippen LogP contribution in [0.15, 0.2) is 23.3 Å². The summed E-state index contributed by atoms with van der Waals surface area (Å²) in [5.74, 6) is 0.506. The van der Waals surface area contributed by atoms with Gasteiger partial charge in [-0.15, -0.1) is 0 Å². The molecule has 0 bridgehead atoms. The maximum atomic E-state index is 12.0. The zero-order valence-electron chi connectivity index (χ0n) is 28.2. The molecule has 1 aliphatic heterocycles. The van der Waals surface area contributed by atoms with E-state index in [0.717, 1.165) is 25.7 Å². The molecular weight excluding hydrogens is 560 g/mol. The van der Waals surface area contributed by atoms with Gasteiger partial charge in [-0.3, -0.25) is 0 Å². The van der Waals surface area contributed by atoms with Crippen molar-refractivity contribution in [2.75, 3.05) is 6.61 Å². The van der Waals surface area contributed by atoms with Gasteiger partial charge in [0.1, 0.15) is 24.4 Å². The third-order valence-corrected chi connectivity index (χ3v) is 13.9. The van der Waals surface area contributed by atoms with Gasteiger partial charge in [0.2, 0.25) is 0 Å². The Morgan fingerprint density at radius 2 is 1.55 bits per heavy atom. The minimum atomic E-state index is -1.52. The first-order chi connectivity index (χ1) is 20.4. The maximum absolute atomic E-state index is 12.0. The average molecular weight is 621 g/mol. The van der Waals surface area contributed by atoms with Gasteiger partial charge < -0.3 is 40.1 Å². The molecule has 44 heavy (non-hydrogen) atoms. The summed E-state index contributed by atoms with van der Waals surface area (Å²) in [6, 6.07) is 0. The van der Waals surface area contributed by atoms with E-state index in [0.29, 0.717) is 25.2 Å². The summed E-state index contributed by atoms with van der Waals surface area (Å²) >= 11 is 0. The van der Waals surface area contributed by atoms with Gasteiger partial charge in [-0.2, -0.15) is 0 Å². The fourth-order valence-corrected chi connectivity index (χ4v) is 11.5. The van der Waals surface area contributed by atoms with Crippen molar-refractivity contribution in [1.29, 1.82) is 0 Å². The van der Waals surface area contributed by atoms with Crippen molar-refractivity contribution >= 4 is 0 Å². The van der Waals surface area contributed by atoms with Crippen molar-refractivity contribution in [2.24, 2.45) is 45.3 Å². The summed E-state index contributed by atoms with van der Waals surface area (Å²) in [7, 11) is 0. The second-order valence-corrected chi connectivity index (χ2v) is 16.8. The molecule has 1 heterocycles. The molecular formula is C36H60O8. The van der Waals surface area contributed by atoms with Gasteiger partial charge in [-0.05, 0) is 111 Å². The lowest BCUT2D eigenvalue weighted by Gasteiger charge is -2.72. The number of aliphatic hydroxyl groups is 6. The van der Waals surface area contributed by atoms with Gasteiger partial charge in [-0.25, -0.2) is 0 Å². The topological polar surface area (TPSA) is 140 Å². The lowest BCUT2D eigenvalue weighted by atomic mass is 9.34. The van der Waals surface area contributed by atoms with E-state index in [1.807, 2.05) is 0 Å². The van der Waals surface area contributed by atoms with Gasteiger partial charge in [-0.1, -0.05) is 57.9 Å². The minimum absolute atomic E-state index is 0.112. The van der Waals surface area contributed by atoms with Crippen molar-refractivity contribution in [3.05, 3.63) is 23.3 Å². The molecule has 5 fully saturated rings. The van der Waals surface area contributed by atoms with E-state index < -0.39 is 61.0 Å². The van der Waals surface area contributed by atoms with Crippen molar-refractivity contribution in [3.63, 3.8) is 0 Å². The first-order valence-electron chi connectivity index (χ1n) is 17.1. The zero-order chi connectivity index (χ0) is 32.6. The number of aliphatic hydroxyl groups excluding tert-OH is 6. The van der Waals surface area contributed by atoms with Gasteiger partial charge in [0.05, 0.1) is 24.9 Å². The summed E-state index contributed by atoms with van der Waals surface area (Å²) in [5, 5.41) is 65.2. The second-order valence-electron chi connectivity index (χ2n) is 16.8. The molecule has 0 aromatic heterocycles. The van der Waals surface area contributed by atoms with Crippen molar-refractivity contribution < 1.29 is 40.1 Å². The van der Waals surface area contributed by atoms with E-state index in [2.05, 4.69) is 67.5 Å². The van der Waals surface area contributed by atoms with Gasteiger partial charge in [0, 0.05) is 0 Å². The molecule has 5 rings (SSSR count). The van der Waals surface area contributed by atoms with Gasteiger partial charge in [0.15, 0.2) is 6.29 Å². The van der Waals surface area contributed by atoms with Crippen LogP contribution < -0.4 is 0 Å². The van der Waals surface area contributed by atoms with Crippen LogP contribution in [-0.2, 0) is 9.47 Å². The van der Waals surface area contributed by atoms with Crippen LogP contribution in [0.2, 0.25) is 0 Å². The Bertz CT molecular complexity index is 1110. The predicted molar refractivity (Wildman–Crippen MR) is 168 cm³/mol. The van der Waals surface area contributed by atoms with Gasteiger partial charge in [0.25, 0.3) is 0 Å². The highest BCUT2D eigenvalue weighted by Gasteiger charge is 2.72. The molecule has 4 aliphatic carbocycles. The molecule has 252 valence electrons. The third-order valence-electron chi connectivity index (χ3n) is 13.9. The molecule has 15 atom stereocenters. The Kier molecular flexibility index (Phi) is 9.40. The van der Waals surface area contributed by atoms with E-state index in [1.54, 1.807) is 0 Å². The normalized spacial score (nSPS) is 52.1. The van der Waals surface area contributed by atoms with E-state index in [4.69, 9.17) is 9.47 Å². The Hall–Kier alpha value is -0.840. The quantitative estimate of drug-likeness (QED) is 0.193. The van der Waals surface area contributed by atoms with Crippen LogP contribution in [0.25, 0.3) is 0 Å². The SMILES string of the molecule is CC(C)=CC/C=C(\C)[C@H]1CC[C@]2(C)C1[C@H](O)CC1[C@@]3(C)CC[C@H](O)C(C)(C)C3[C@@H](O[C@@H]3O[C@H](CO)[C@@H](O)[C@H](O)[C@H]3O)C[C@]12C. The molecule has 0 radical (unpaired) electrons. The monoisotopic (exact) mass is 620 g/mol. The third kappa shape index (κ3) is 5.18. The maximum Gasteiger partial charge on any atom is 0.186 e. The number of hydrogen-bond donors (Lipinski definition) is 6. The molecule has 0 amide bonds. The lowest BCUT2D eigenvalue weighted by Crippen LogP contribution is -2.70. The van der Waals surface area contributed by atoms with Crippen LogP contribution >= 0.6 is 0 Å². The highest BCUT2D eigenvalue weighted by molar-refractivity contribution is 5.24. The fourth-order valence-electron chi connectivity index (χ4n) is 11.5. The number of rotatable bonds is 6. The predicted octanol–water partition coefficient (Wildman–Crippen LogP) is 4.10. The zero-order valence-corrected chi connectivity index (χ0v) is 28.2. The first-order valence-corrected chi connectivity index (χ1v) is 17.1. The molecule has 8 heteroatoms. The Morgan fingerprint density at radius 3 is 2.18 bits per heavy atom. The van der Waals surface area contributed by atoms with Crippen LogP contribution in [0.5, 0.6) is 0 Å². The minimum Gasteiger partial charge on any atom is -0.394 e. The Morgan fingerprint density at radius 1 is 0.864 bits per heavy atom. The number of fused-ring (bicyclic) bond motifs is 5. The molecule has 0 aromatic rings. The molecule has 0 aromatic carbocycles. The number of allylic oxidation sites excluding steroid dienone is 4. The summed E-state index contributed by atoms with van der Waals surface area (Å²) in [6.07, 6.45) is 2.23. The summed E-state index contributed by atoms with van der Waals surface area (Å²) in [6.45, 7) is 17.2. The first kappa shape index (κ1) is 34.5. The number of hydrogen-bond acceptors (Lipinski definition) is 8. The van der Waals surface area contributed by atoms with Crippen molar-refractivity contribution in [1.82, 2.24) is 0 Å². The average Bonchev–Trinajstić information content (AvgIpc) is 3.32.